The SMILES string of the molecule is Cc1ccc(C)c(S(=O)(=O)Nc2cc(C(=O)O)ccc2N2CCN(Cc3cccc(F)c3)CC2)c1. The van der Waals surface area contributed by atoms with Crippen molar-refractivity contribution in [2.24, 2.45) is 0 Å². The molecule has 0 spiro atoms. The van der Waals surface area contributed by atoms with Crippen LogP contribution in [0.15, 0.2) is 65.6 Å². The zero-order valence-electron chi connectivity index (χ0n) is 19.7. The second kappa shape index (κ2) is 10.1. The molecule has 3 aromatic carbocycles. The zero-order valence-corrected chi connectivity index (χ0v) is 20.5. The van der Waals surface area contributed by atoms with Gasteiger partial charge in [0.15, 0.2) is 0 Å². The molecule has 3 aromatic rings. The van der Waals surface area contributed by atoms with Gasteiger partial charge in [0, 0.05) is 32.7 Å². The molecule has 0 aliphatic carbocycles. The predicted octanol–water partition coefficient (Wildman–Crippen LogP) is 4.26. The molecule has 4 rings (SSSR count). The van der Waals surface area contributed by atoms with Crippen LogP contribution < -0.4 is 9.62 Å². The van der Waals surface area contributed by atoms with Gasteiger partial charge in [0.05, 0.1) is 21.8 Å². The van der Waals surface area contributed by atoms with Crippen LogP contribution in [0.25, 0.3) is 0 Å². The van der Waals surface area contributed by atoms with Gasteiger partial charge in [-0.3, -0.25) is 9.62 Å². The normalized spacial score (nSPS) is 14.7. The van der Waals surface area contributed by atoms with Gasteiger partial charge >= 0.3 is 5.97 Å². The maximum atomic E-state index is 13.5. The molecule has 1 fully saturated rings. The summed E-state index contributed by atoms with van der Waals surface area (Å²) >= 11 is 0. The van der Waals surface area contributed by atoms with Crippen molar-refractivity contribution in [1.82, 2.24) is 4.90 Å². The topological polar surface area (TPSA) is 89.9 Å². The van der Waals surface area contributed by atoms with Crippen LogP contribution in [-0.4, -0.2) is 50.6 Å². The Morgan fingerprint density at radius 3 is 2.43 bits per heavy atom. The van der Waals surface area contributed by atoms with E-state index in [2.05, 4.69) is 9.62 Å². The zero-order chi connectivity index (χ0) is 25.2. The number of rotatable bonds is 7. The number of hydrogen-bond donors (Lipinski definition) is 2. The molecule has 1 aliphatic rings. The fourth-order valence-corrected chi connectivity index (χ4v) is 5.66. The van der Waals surface area contributed by atoms with E-state index in [-0.39, 0.29) is 22.0 Å². The second-order valence-electron chi connectivity index (χ2n) is 8.80. The van der Waals surface area contributed by atoms with Gasteiger partial charge in [0.1, 0.15) is 5.82 Å². The van der Waals surface area contributed by atoms with Crippen molar-refractivity contribution in [3.63, 3.8) is 0 Å². The smallest absolute Gasteiger partial charge is 0.335 e. The third-order valence-corrected chi connectivity index (χ3v) is 7.64. The fourth-order valence-electron chi connectivity index (χ4n) is 4.26. The van der Waals surface area contributed by atoms with Crippen LogP contribution in [0, 0.1) is 19.7 Å². The summed E-state index contributed by atoms with van der Waals surface area (Å²) in [6.07, 6.45) is 0. The number of carbonyl (C=O) groups is 1. The summed E-state index contributed by atoms with van der Waals surface area (Å²) in [6.45, 7) is 6.77. The van der Waals surface area contributed by atoms with E-state index in [4.69, 9.17) is 0 Å². The summed E-state index contributed by atoms with van der Waals surface area (Å²) in [7, 11) is -3.94. The van der Waals surface area contributed by atoms with Gasteiger partial charge in [0.25, 0.3) is 10.0 Å². The Labute approximate surface area is 204 Å². The highest BCUT2D eigenvalue weighted by molar-refractivity contribution is 7.92. The van der Waals surface area contributed by atoms with Crippen molar-refractivity contribution >= 4 is 27.4 Å². The van der Waals surface area contributed by atoms with Crippen molar-refractivity contribution in [1.29, 1.82) is 0 Å². The van der Waals surface area contributed by atoms with Crippen molar-refractivity contribution in [3.05, 3.63) is 88.7 Å². The van der Waals surface area contributed by atoms with Crippen molar-refractivity contribution < 1.29 is 22.7 Å². The monoisotopic (exact) mass is 497 g/mol. The summed E-state index contributed by atoms with van der Waals surface area (Å²) in [5.74, 6) is -1.40. The van der Waals surface area contributed by atoms with Gasteiger partial charge in [-0.15, -0.1) is 0 Å². The number of nitrogens with zero attached hydrogens (tertiary/aromatic N) is 2. The maximum Gasteiger partial charge on any atom is 0.335 e. The third kappa shape index (κ3) is 5.80. The number of carboxylic acid groups (broad SMARTS) is 1. The first-order valence-corrected chi connectivity index (χ1v) is 12.8. The van der Waals surface area contributed by atoms with Crippen LogP contribution in [0.5, 0.6) is 0 Å². The van der Waals surface area contributed by atoms with E-state index in [1.54, 1.807) is 31.2 Å². The van der Waals surface area contributed by atoms with Crippen molar-refractivity contribution in [2.45, 2.75) is 25.3 Å². The number of aromatic carboxylic acids is 1. The second-order valence-corrected chi connectivity index (χ2v) is 10.5. The van der Waals surface area contributed by atoms with E-state index in [0.29, 0.717) is 44.0 Å². The van der Waals surface area contributed by atoms with E-state index >= 15 is 0 Å². The van der Waals surface area contributed by atoms with Gasteiger partial charge in [-0.05, 0) is 66.9 Å². The molecule has 0 unspecified atom stereocenters. The first-order valence-electron chi connectivity index (χ1n) is 11.3. The molecule has 0 saturated carbocycles. The highest BCUT2D eigenvalue weighted by Gasteiger charge is 2.24. The maximum absolute atomic E-state index is 13.5. The molecule has 7 nitrogen and oxygen atoms in total. The van der Waals surface area contributed by atoms with E-state index < -0.39 is 16.0 Å². The van der Waals surface area contributed by atoms with Crippen LogP contribution in [0.1, 0.15) is 27.0 Å². The van der Waals surface area contributed by atoms with Crippen LogP contribution in [-0.2, 0) is 16.6 Å². The summed E-state index contributed by atoms with van der Waals surface area (Å²) < 4.78 is 42.7. The largest absolute Gasteiger partial charge is 0.478 e. The molecule has 9 heteroatoms. The summed E-state index contributed by atoms with van der Waals surface area (Å²) in [6, 6.07) is 16.2. The first kappa shape index (κ1) is 24.7. The lowest BCUT2D eigenvalue weighted by Gasteiger charge is -2.37. The number of halogens is 1. The number of carboxylic acids is 1. The summed E-state index contributed by atoms with van der Waals surface area (Å²) in [5, 5.41) is 9.48. The highest BCUT2D eigenvalue weighted by atomic mass is 32.2. The average molecular weight is 498 g/mol. The molecule has 1 heterocycles. The number of hydrogen-bond acceptors (Lipinski definition) is 5. The minimum atomic E-state index is -3.94. The molecule has 0 bridgehead atoms. The van der Waals surface area contributed by atoms with Crippen LogP contribution >= 0.6 is 0 Å². The lowest BCUT2D eigenvalue weighted by atomic mass is 10.1. The Morgan fingerprint density at radius 1 is 1.00 bits per heavy atom. The molecule has 35 heavy (non-hydrogen) atoms. The molecule has 2 N–H and O–H groups in total. The lowest BCUT2D eigenvalue weighted by Crippen LogP contribution is -2.46. The first-order chi connectivity index (χ1) is 16.6. The molecule has 0 aromatic heterocycles. The molecule has 0 atom stereocenters. The Kier molecular flexibility index (Phi) is 7.09. The van der Waals surface area contributed by atoms with Gasteiger partial charge in [-0.1, -0.05) is 24.3 Å². The van der Waals surface area contributed by atoms with E-state index in [1.807, 2.05) is 24.0 Å². The van der Waals surface area contributed by atoms with Crippen LogP contribution in [0.4, 0.5) is 15.8 Å². The number of benzene rings is 3. The van der Waals surface area contributed by atoms with Crippen molar-refractivity contribution in [3.8, 4) is 0 Å². The molecular formula is C26H28FN3O4S. The summed E-state index contributed by atoms with van der Waals surface area (Å²) in [5.41, 5.74) is 3.15. The Balaban J connectivity index is 1.57. The number of aryl methyl sites for hydroxylation is 2. The van der Waals surface area contributed by atoms with Crippen LogP contribution in [0.2, 0.25) is 0 Å². The number of sulfonamides is 1. The minimum Gasteiger partial charge on any atom is -0.478 e. The third-order valence-electron chi connectivity index (χ3n) is 6.13. The van der Waals surface area contributed by atoms with Gasteiger partial charge in [-0.25, -0.2) is 17.6 Å². The molecule has 0 radical (unpaired) electrons. The summed E-state index contributed by atoms with van der Waals surface area (Å²) in [4.78, 5) is 16.0. The fraction of sp³-hybridized carbons (Fsp3) is 0.269. The van der Waals surface area contributed by atoms with E-state index in [1.165, 1.54) is 24.3 Å². The highest BCUT2D eigenvalue weighted by Crippen LogP contribution is 2.31. The lowest BCUT2D eigenvalue weighted by molar-refractivity contribution is 0.0697. The standard InChI is InChI=1S/C26H28FN3O4S/c1-18-6-7-19(2)25(14-18)35(33,34)28-23-16-21(26(31)32)8-9-24(23)30-12-10-29(11-13-30)17-20-4-3-5-22(27)15-20/h3-9,14-16,28H,10-13,17H2,1-2H3,(H,31,32). The number of nitrogens with one attached hydrogen (secondary N) is 1. The molecule has 1 saturated heterocycles. The van der Waals surface area contributed by atoms with E-state index in [0.717, 1.165) is 11.1 Å². The molecule has 184 valence electrons. The van der Waals surface area contributed by atoms with E-state index in [9.17, 15) is 22.7 Å². The van der Waals surface area contributed by atoms with Crippen molar-refractivity contribution in [2.75, 3.05) is 35.8 Å². The molecule has 0 amide bonds. The quantitative estimate of drug-likeness (QED) is 0.507. The Morgan fingerprint density at radius 2 is 1.74 bits per heavy atom. The molecule has 1 aliphatic heterocycles. The number of piperazine rings is 1. The van der Waals surface area contributed by atoms with Gasteiger partial charge < -0.3 is 10.0 Å². The number of anilines is 2. The van der Waals surface area contributed by atoms with Gasteiger partial charge in [0.2, 0.25) is 0 Å². The Bertz CT molecular complexity index is 1350. The average Bonchev–Trinajstić information content (AvgIpc) is 2.81. The predicted molar refractivity (Wildman–Crippen MR) is 134 cm³/mol. The Hall–Kier alpha value is -3.43. The minimum absolute atomic E-state index is 0.00263. The van der Waals surface area contributed by atoms with Gasteiger partial charge in [-0.2, -0.15) is 0 Å². The van der Waals surface area contributed by atoms with Crippen LogP contribution in [0.3, 0.4) is 0 Å². The molecular weight excluding hydrogens is 469 g/mol.